The fourth-order valence-corrected chi connectivity index (χ4v) is 3.75. The van der Waals surface area contributed by atoms with Gasteiger partial charge in [0.15, 0.2) is 5.78 Å². The summed E-state index contributed by atoms with van der Waals surface area (Å²) in [5.74, 6) is 0.541. The third kappa shape index (κ3) is 2.54. The number of carbonyl (C=O) groups is 3. The first-order valence-electron chi connectivity index (χ1n) is 7.53. The maximum Gasteiger partial charge on any atom is 0.325 e. The van der Waals surface area contributed by atoms with Gasteiger partial charge in [0.2, 0.25) is 0 Å². The summed E-state index contributed by atoms with van der Waals surface area (Å²) in [6, 6.07) is 4.72. The lowest BCUT2D eigenvalue weighted by Gasteiger charge is -2.20. The molecule has 6 nitrogen and oxygen atoms in total. The molecule has 1 saturated heterocycles. The Kier molecular flexibility index (Phi) is 3.83. The van der Waals surface area contributed by atoms with Crippen LogP contribution in [0.1, 0.15) is 38.6 Å². The lowest BCUT2D eigenvalue weighted by Crippen LogP contribution is -2.41. The maximum absolute atomic E-state index is 12.8. The van der Waals surface area contributed by atoms with E-state index in [2.05, 4.69) is 5.32 Å². The lowest BCUT2D eigenvalue weighted by molar-refractivity contribution is -0.130. The molecule has 3 heterocycles. The first-order chi connectivity index (χ1) is 11.2. The molecule has 2 aromatic rings. The highest BCUT2D eigenvalue weighted by Crippen LogP contribution is 2.33. The second kappa shape index (κ2) is 5.59. The zero-order chi connectivity index (χ0) is 17.6. The largest absolute Gasteiger partial charge is 0.466 e. The van der Waals surface area contributed by atoms with Gasteiger partial charge in [0.05, 0.1) is 11.4 Å². The molecule has 1 aliphatic rings. The average Bonchev–Trinajstić information content (AvgIpc) is 3.13. The summed E-state index contributed by atoms with van der Waals surface area (Å²) in [5.41, 5.74) is -0.606. The van der Waals surface area contributed by atoms with Gasteiger partial charge in [0.25, 0.3) is 5.91 Å². The lowest BCUT2D eigenvalue weighted by atomic mass is 9.92. The molecular formula is C17H18N2O4S. The van der Waals surface area contributed by atoms with E-state index in [1.54, 1.807) is 32.9 Å². The highest BCUT2D eigenvalue weighted by Gasteiger charge is 2.51. The van der Waals surface area contributed by atoms with Gasteiger partial charge in [-0.3, -0.25) is 14.5 Å². The van der Waals surface area contributed by atoms with E-state index in [0.29, 0.717) is 22.0 Å². The molecule has 3 amide bonds. The highest BCUT2D eigenvalue weighted by atomic mass is 32.1. The number of carbonyl (C=O) groups excluding carboxylic acids is 3. The van der Waals surface area contributed by atoms with Crippen molar-refractivity contribution in [3.8, 4) is 0 Å². The number of Topliss-reactive ketones (excluding diaryl/α,β-unsaturated/α-hetero) is 1. The maximum atomic E-state index is 12.8. The fraction of sp³-hybridized carbons (Fsp3) is 0.353. The van der Waals surface area contributed by atoms with E-state index in [0.717, 1.165) is 9.78 Å². The molecule has 7 heteroatoms. The number of furan rings is 1. The average molecular weight is 346 g/mol. The zero-order valence-corrected chi connectivity index (χ0v) is 14.7. The summed E-state index contributed by atoms with van der Waals surface area (Å²) in [4.78, 5) is 40.0. The molecule has 0 aromatic carbocycles. The zero-order valence-electron chi connectivity index (χ0n) is 13.9. The Morgan fingerprint density at radius 1 is 1.29 bits per heavy atom. The minimum Gasteiger partial charge on any atom is -0.466 e. The Morgan fingerprint density at radius 3 is 2.54 bits per heavy atom. The molecule has 0 saturated carbocycles. The van der Waals surface area contributed by atoms with E-state index in [-0.39, 0.29) is 12.3 Å². The molecule has 0 spiro atoms. The van der Waals surface area contributed by atoms with Gasteiger partial charge in [-0.15, -0.1) is 11.3 Å². The van der Waals surface area contributed by atoms with Crippen molar-refractivity contribution in [3.05, 3.63) is 45.0 Å². The molecule has 3 rings (SSSR count). The van der Waals surface area contributed by atoms with Crippen LogP contribution in [0.3, 0.4) is 0 Å². The Morgan fingerprint density at radius 2 is 2.00 bits per heavy atom. The SMILES string of the molecule is Cc1cc(C2(C)NC(=O)N(CC(=O)c3ccc(C)s3)C2=O)c(C)o1. The number of aryl methyl sites for hydroxylation is 3. The van der Waals surface area contributed by atoms with Crippen molar-refractivity contribution >= 4 is 29.1 Å². The molecule has 1 unspecified atom stereocenters. The van der Waals surface area contributed by atoms with Crippen LogP contribution >= 0.6 is 11.3 Å². The van der Waals surface area contributed by atoms with Gasteiger partial charge in [0, 0.05) is 10.4 Å². The van der Waals surface area contributed by atoms with Crippen LogP contribution in [0.25, 0.3) is 0 Å². The van der Waals surface area contributed by atoms with Crippen molar-refractivity contribution in [2.45, 2.75) is 33.2 Å². The smallest absolute Gasteiger partial charge is 0.325 e. The number of imide groups is 1. The number of rotatable bonds is 4. The van der Waals surface area contributed by atoms with Crippen molar-refractivity contribution in [3.63, 3.8) is 0 Å². The first-order valence-corrected chi connectivity index (χ1v) is 8.35. The molecule has 0 radical (unpaired) electrons. The number of nitrogens with zero attached hydrogens (tertiary/aromatic N) is 1. The number of ketones is 1. The number of nitrogens with one attached hydrogen (secondary N) is 1. The number of urea groups is 1. The summed E-state index contributed by atoms with van der Waals surface area (Å²) >= 11 is 1.35. The van der Waals surface area contributed by atoms with Crippen LogP contribution in [-0.4, -0.2) is 29.2 Å². The number of amides is 3. The van der Waals surface area contributed by atoms with Crippen LogP contribution in [0, 0.1) is 20.8 Å². The van der Waals surface area contributed by atoms with Crippen LogP contribution in [0.5, 0.6) is 0 Å². The van der Waals surface area contributed by atoms with E-state index in [4.69, 9.17) is 4.42 Å². The van der Waals surface area contributed by atoms with Crippen molar-refractivity contribution < 1.29 is 18.8 Å². The third-order valence-electron chi connectivity index (χ3n) is 4.17. The molecule has 1 aliphatic heterocycles. The highest BCUT2D eigenvalue weighted by molar-refractivity contribution is 7.14. The standard InChI is InChI=1S/C17H18N2O4S/c1-9-7-12(11(3)23-9)17(4)15(21)19(16(22)18-17)8-13(20)14-6-5-10(2)24-14/h5-7H,8H2,1-4H3,(H,18,22). The number of hydrogen-bond donors (Lipinski definition) is 1. The van der Waals surface area contributed by atoms with Crippen LogP contribution in [0.2, 0.25) is 0 Å². The molecule has 1 N–H and O–H groups in total. The predicted molar refractivity (Wildman–Crippen MR) is 89.2 cm³/mol. The Bertz CT molecular complexity index is 851. The summed E-state index contributed by atoms with van der Waals surface area (Å²) < 4.78 is 5.48. The topological polar surface area (TPSA) is 79.6 Å². The fourth-order valence-electron chi connectivity index (χ4n) is 2.96. The minimum atomic E-state index is -1.22. The molecule has 126 valence electrons. The van der Waals surface area contributed by atoms with Gasteiger partial charge >= 0.3 is 6.03 Å². The van der Waals surface area contributed by atoms with E-state index >= 15 is 0 Å². The summed E-state index contributed by atoms with van der Waals surface area (Å²) in [7, 11) is 0. The van der Waals surface area contributed by atoms with E-state index in [1.807, 2.05) is 13.0 Å². The summed E-state index contributed by atoms with van der Waals surface area (Å²) in [5, 5.41) is 2.69. The Labute approximate surface area is 143 Å². The Balaban J connectivity index is 1.86. The monoisotopic (exact) mass is 346 g/mol. The van der Waals surface area contributed by atoms with Gasteiger partial charge in [-0.05, 0) is 45.9 Å². The first kappa shape index (κ1) is 16.4. The second-order valence-electron chi connectivity index (χ2n) is 6.11. The van der Waals surface area contributed by atoms with E-state index in [9.17, 15) is 14.4 Å². The van der Waals surface area contributed by atoms with Crippen molar-refractivity contribution in [2.75, 3.05) is 6.54 Å². The van der Waals surface area contributed by atoms with E-state index < -0.39 is 17.5 Å². The van der Waals surface area contributed by atoms with Crippen molar-refractivity contribution in [1.29, 1.82) is 0 Å². The van der Waals surface area contributed by atoms with Crippen LogP contribution in [-0.2, 0) is 10.3 Å². The van der Waals surface area contributed by atoms with Crippen molar-refractivity contribution in [1.82, 2.24) is 10.2 Å². The molecule has 2 aromatic heterocycles. The predicted octanol–water partition coefficient (Wildman–Crippen LogP) is 2.92. The number of thiophene rings is 1. The molecule has 0 bridgehead atoms. The van der Waals surface area contributed by atoms with Crippen molar-refractivity contribution in [2.24, 2.45) is 0 Å². The molecular weight excluding hydrogens is 328 g/mol. The van der Waals surface area contributed by atoms with Crippen LogP contribution in [0.4, 0.5) is 4.79 Å². The molecule has 24 heavy (non-hydrogen) atoms. The molecule has 1 atom stereocenters. The van der Waals surface area contributed by atoms with Gasteiger partial charge in [-0.2, -0.15) is 0 Å². The Hall–Kier alpha value is -2.41. The summed E-state index contributed by atoms with van der Waals surface area (Å²) in [6.07, 6.45) is 0. The quantitative estimate of drug-likeness (QED) is 0.682. The minimum absolute atomic E-state index is 0.249. The normalized spacial score (nSPS) is 20.6. The van der Waals surface area contributed by atoms with Gasteiger partial charge in [-0.25, -0.2) is 4.79 Å². The molecule has 1 fully saturated rings. The van der Waals surface area contributed by atoms with Crippen LogP contribution < -0.4 is 5.32 Å². The summed E-state index contributed by atoms with van der Waals surface area (Å²) in [6.45, 7) is 6.79. The number of hydrogen-bond acceptors (Lipinski definition) is 5. The second-order valence-corrected chi connectivity index (χ2v) is 7.39. The van der Waals surface area contributed by atoms with Gasteiger partial charge < -0.3 is 9.73 Å². The van der Waals surface area contributed by atoms with Gasteiger partial charge in [0.1, 0.15) is 17.1 Å². The van der Waals surface area contributed by atoms with Crippen LogP contribution in [0.15, 0.2) is 22.6 Å². The third-order valence-corrected chi connectivity index (χ3v) is 5.21. The van der Waals surface area contributed by atoms with Gasteiger partial charge in [-0.1, -0.05) is 0 Å². The molecule has 0 aliphatic carbocycles. The van der Waals surface area contributed by atoms with E-state index in [1.165, 1.54) is 11.3 Å².